The number of carboxylic acid groups (broad SMARTS) is 1. The Morgan fingerprint density at radius 2 is 0.667 bits per heavy atom. The van der Waals surface area contributed by atoms with Gasteiger partial charge in [-0.05, 0) is 44.9 Å². The van der Waals surface area contributed by atoms with Gasteiger partial charge in [0, 0.05) is 12.8 Å². The fourth-order valence-electron chi connectivity index (χ4n) is 10.8. The van der Waals surface area contributed by atoms with E-state index in [1.54, 1.807) is 0 Å². The molecule has 0 spiro atoms. The van der Waals surface area contributed by atoms with Crippen molar-refractivity contribution in [2.45, 2.75) is 373 Å². The lowest BCUT2D eigenvalue weighted by molar-refractivity contribution is -0.870. The Kier molecular flexibility index (Phi) is 62.0. The highest BCUT2D eigenvalue weighted by Gasteiger charge is 2.25. The second kappa shape index (κ2) is 63.8. The Labute approximate surface area is 503 Å². The number of quaternary nitrogens is 1. The molecule has 0 saturated carbocycles. The molecule has 0 aromatic heterocycles. The van der Waals surface area contributed by atoms with E-state index in [2.05, 4.69) is 38.2 Å². The molecule has 0 aliphatic rings. The van der Waals surface area contributed by atoms with Crippen molar-refractivity contribution in [3.8, 4) is 0 Å². The lowest BCUT2D eigenvalue weighted by Crippen LogP contribution is -2.40. The standard InChI is InChI=1S/C72H137NO8/c1-6-8-10-12-14-16-18-20-22-23-24-25-26-27-28-29-30-31-32-33-34-35-36-37-38-39-40-41-42-43-44-45-46-47-49-51-53-55-57-59-61-63-70(75)81-68(67-80-72(71(76)77)78-65-64-73(3,4)5)66-79-69(74)62-60-58-56-54-52-50-48-21-19-17-15-13-11-9-7-2/h18,20,23-24,68,72H,6-17,19,21-22,25-67H2,1-5H3/p+1/b20-18-,24-23-. The number of carboxylic acids is 1. The molecule has 9 heteroatoms. The summed E-state index contributed by atoms with van der Waals surface area (Å²) in [5.41, 5.74) is 0. The van der Waals surface area contributed by atoms with Gasteiger partial charge in [-0.25, -0.2) is 4.79 Å². The molecule has 0 aliphatic carbocycles. The molecule has 478 valence electrons. The van der Waals surface area contributed by atoms with Crippen LogP contribution in [0, 0.1) is 0 Å². The zero-order valence-corrected chi connectivity index (χ0v) is 54.7. The van der Waals surface area contributed by atoms with Crippen LogP contribution >= 0.6 is 0 Å². The minimum absolute atomic E-state index is 0.174. The second-order valence-electron chi connectivity index (χ2n) is 25.6. The van der Waals surface area contributed by atoms with E-state index in [-0.39, 0.29) is 38.2 Å². The van der Waals surface area contributed by atoms with Gasteiger partial charge in [-0.15, -0.1) is 0 Å². The maximum absolute atomic E-state index is 12.9. The summed E-state index contributed by atoms with van der Waals surface area (Å²) in [4.78, 5) is 37.5. The van der Waals surface area contributed by atoms with E-state index >= 15 is 0 Å². The molecule has 0 aliphatic heterocycles. The van der Waals surface area contributed by atoms with Gasteiger partial charge in [0.25, 0.3) is 6.29 Å². The van der Waals surface area contributed by atoms with E-state index in [0.717, 1.165) is 44.9 Å². The van der Waals surface area contributed by atoms with Gasteiger partial charge < -0.3 is 28.5 Å². The van der Waals surface area contributed by atoms with Crippen LogP contribution in [0.15, 0.2) is 24.3 Å². The van der Waals surface area contributed by atoms with Crippen LogP contribution in [0.25, 0.3) is 0 Å². The van der Waals surface area contributed by atoms with Crippen molar-refractivity contribution < 1.29 is 42.9 Å². The van der Waals surface area contributed by atoms with Gasteiger partial charge in [0.15, 0.2) is 6.10 Å². The number of hydrogen-bond acceptors (Lipinski definition) is 7. The molecule has 0 heterocycles. The van der Waals surface area contributed by atoms with Gasteiger partial charge in [0.1, 0.15) is 13.2 Å². The maximum atomic E-state index is 12.9. The highest BCUT2D eigenvalue weighted by molar-refractivity contribution is 5.71. The van der Waals surface area contributed by atoms with Crippen LogP contribution in [-0.4, -0.2) is 87.4 Å². The number of likely N-dealkylation sites (N-methyl/N-ethyl adjacent to an activating group) is 1. The summed E-state index contributed by atoms with van der Waals surface area (Å²) in [6.45, 7) is 4.93. The number of hydrogen-bond donors (Lipinski definition) is 1. The first-order valence-electron chi connectivity index (χ1n) is 35.5. The highest BCUT2D eigenvalue weighted by Crippen LogP contribution is 2.19. The highest BCUT2D eigenvalue weighted by atomic mass is 16.7. The summed E-state index contributed by atoms with van der Waals surface area (Å²) in [6, 6.07) is 0. The van der Waals surface area contributed by atoms with Gasteiger partial charge in [0.2, 0.25) is 0 Å². The quantitative estimate of drug-likeness (QED) is 0.0211. The lowest BCUT2D eigenvalue weighted by Gasteiger charge is -2.25. The van der Waals surface area contributed by atoms with Gasteiger partial charge in [0.05, 0.1) is 34.4 Å². The van der Waals surface area contributed by atoms with E-state index in [1.165, 1.54) is 289 Å². The molecule has 0 bridgehead atoms. The number of unbranched alkanes of at least 4 members (excludes halogenated alkanes) is 48. The topological polar surface area (TPSA) is 108 Å². The molecule has 0 aromatic carbocycles. The number of rotatable bonds is 67. The first kappa shape index (κ1) is 78.8. The molecule has 0 saturated heterocycles. The fourth-order valence-corrected chi connectivity index (χ4v) is 10.8. The number of carbonyl (C=O) groups excluding carboxylic acids is 2. The van der Waals surface area contributed by atoms with E-state index in [0.29, 0.717) is 17.4 Å². The van der Waals surface area contributed by atoms with Crippen LogP contribution in [0.4, 0.5) is 0 Å². The third-order valence-corrected chi connectivity index (χ3v) is 16.2. The number of allylic oxidation sites excluding steroid dienone is 4. The minimum atomic E-state index is -1.50. The average molecular weight is 1150 g/mol. The van der Waals surface area contributed by atoms with E-state index in [1.807, 2.05) is 21.1 Å². The van der Waals surface area contributed by atoms with Crippen molar-refractivity contribution >= 4 is 17.9 Å². The smallest absolute Gasteiger partial charge is 0.361 e. The molecular formula is C72H138NO8+. The number of nitrogens with zero attached hydrogens (tertiary/aromatic N) is 1. The number of carbonyl (C=O) groups is 3. The van der Waals surface area contributed by atoms with Crippen molar-refractivity contribution in [2.24, 2.45) is 0 Å². The molecule has 0 fully saturated rings. The molecule has 0 aromatic rings. The molecular weight excluding hydrogens is 1010 g/mol. The minimum Gasteiger partial charge on any atom is -0.477 e. The Bertz CT molecular complexity index is 1380. The normalized spacial score (nSPS) is 12.8. The van der Waals surface area contributed by atoms with Crippen molar-refractivity contribution in [1.29, 1.82) is 0 Å². The van der Waals surface area contributed by atoms with Gasteiger partial charge in [-0.1, -0.05) is 327 Å². The van der Waals surface area contributed by atoms with Crippen LogP contribution in [-0.2, 0) is 33.3 Å². The summed E-state index contributed by atoms with van der Waals surface area (Å²) < 4.78 is 23.0. The predicted molar refractivity (Wildman–Crippen MR) is 346 cm³/mol. The van der Waals surface area contributed by atoms with Gasteiger partial charge in [-0.3, -0.25) is 9.59 Å². The molecule has 81 heavy (non-hydrogen) atoms. The Morgan fingerprint density at radius 1 is 0.370 bits per heavy atom. The van der Waals surface area contributed by atoms with Crippen LogP contribution in [0.2, 0.25) is 0 Å². The molecule has 1 N–H and O–H groups in total. The van der Waals surface area contributed by atoms with Crippen molar-refractivity contribution in [3.63, 3.8) is 0 Å². The van der Waals surface area contributed by atoms with Crippen LogP contribution < -0.4 is 0 Å². The monoisotopic (exact) mass is 1150 g/mol. The second-order valence-corrected chi connectivity index (χ2v) is 25.6. The van der Waals surface area contributed by atoms with Crippen LogP contribution in [0.1, 0.15) is 361 Å². The number of esters is 2. The van der Waals surface area contributed by atoms with E-state index < -0.39 is 18.4 Å². The van der Waals surface area contributed by atoms with E-state index in [4.69, 9.17) is 18.9 Å². The first-order chi connectivity index (χ1) is 39.6. The zero-order valence-electron chi connectivity index (χ0n) is 54.7. The fraction of sp³-hybridized carbons (Fsp3) is 0.903. The third kappa shape index (κ3) is 65.2. The Morgan fingerprint density at radius 3 is 0.975 bits per heavy atom. The number of aliphatic carboxylic acids is 1. The predicted octanol–water partition coefficient (Wildman–Crippen LogP) is 21.8. The van der Waals surface area contributed by atoms with Crippen LogP contribution in [0.3, 0.4) is 0 Å². The molecule has 0 rings (SSSR count). The molecule has 0 radical (unpaired) electrons. The summed E-state index contributed by atoms with van der Waals surface area (Å²) >= 11 is 0. The van der Waals surface area contributed by atoms with Crippen molar-refractivity contribution in [3.05, 3.63) is 24.3 Å². The van der Waals surface area contributed by atoms with Crippen LogP contribution in [0.5, 0.6) is 0 Å². The Balaban J connectivity index is 3.88. The van der Waals surface area contributed by atoms with E-state index in [9.17, 15) is 19.5 Å². The Hall–Kier alpha value is -2.23. The largest absolute Gasteiger partial charge is 0.477 e. The van der Waals surface area contributed by atoms with Gasteiger partial charge in [-0.2, -0.15) is 0 Å². The summed E-state index contributed by atoms with van der Waals surface area (Å²) in [5.74, 6) is -1.97. The summed E-state index contributed by atoms with van der Waals surface area (Å²) in [7, 11) is 5.99. The molecule has 9 nitrogen and oxygen atoms in total. The lowest BCUT2D eigenvalue weighted by atomic mass is 10.0. The average Bonchev–Trinajstić information content (AvgIpc) is 3.44. The summed E-state index contributed by atoms with van der Waals surface area (Å²) in [6.07, 6.45) is 76.1. The number of ether oxygens (including phenoxy) is 4. The SMILES string of the molecule is CCCCCCC/C=C\C/C=C\CCCCCCCCCCCCCCCCCCCCCCCCCCCCCCCC(=O)OC(COC(=O)CCCCCCCCCCCCCCCCC)COC(OCC[N+](C)(C)C)C(=O)O. The molecule has 2 atom stereocenters. The van der Waals surface area contributed by atoms with Gasteiger partial charge >= 0.3 is 17.9 Å². The van der Waals surface area contributed by atoms with Crippen molar-refractivity contribution in [1.82, 2.24) is 0 Å². The third-order valence-electron chi connectivity index (χ3n) is 16.2. The maximum Gasteiger partial charge on any atom is 0.361 e. The first-order valence-corrected chi connectivity index (χ1v) is 35.5. The molecule has 2 unspecified atom stereocenters. The van der Waals surface area contributed by atoms with Crippen molar-refractivity contribution in [2.75, 3.05) is 47.5 Å². The summed E-state index contributed by atoms with van der Waals surface area (Å²) in [5, 5.41) is 9.72. The zero-order chi connectivity index (χ0) is 59.1. The molecule has 0 amide bonds.